The first kappa shape index (κ1) is 13.4. The molecule has 3 heterocycles. The van der Waals surface area contributed by atoms with Gasteiger partial charge in [0.2, 0.25) is 0 Å². The third-order valence-electron chi connectivity index (χ3n) is 3.28. The number of aromatic nitrogens is 4. The van der Waals surface area contributed by atoms with E-state index >= 15 is 0 Å². The predicted molar refractivity (Wildman–Crippen MR) is 68.5 cm³/mol. The number of nitrogens with zero attached hydrogens (tertiary/aromatic N) is 2. The molecule has 0 bridgehead atoms. The van der Waals surface area contributed by atoms with Crippen molar-refractivity contribution in [3.63, 3.8) is 0 Å². The predicted octanol–water partition coefficient (Wildman–Crippen LogP) is -1.61. The minimum atomic E-state index is -1.29. The van der Waals surface area contributed by atoms with Crippen molar-refractivity contribution < 1.29 is 20.1 Å². The van der Waals surface area contributed by atoms with E-state index in [1.807, 2.05) is 0 Å². The summed E-state index contributed by atoms with van der Waals surface area (Å²) in [4.78, 5) is 20.7. The van der Waals surface area contributed by atoms with E-state index in [2.05, 4.69) is 15.0 Å². The maximum absolute atomic E-state index is 11.6. The minimum Gasteiger partial charge on any atom is -0.394 e. The molecule has 3 rings (SSSR count). The summed E-state index contributed by atoms with van der Waals surface area (Å²) in [6.45, 7) is -0.446. The molecule has 2 aromatic heterocycles. The second kappa shape index (κ2) is 4.75. The molecule has 0 saturated carbocycles. The van der Waals surface area contributed by atoms with Gasteiger partial charge in [-0.1, -0.05) is 0 Å². The van der Waals surface area contributed by atoms with E-state index in [9.17, 15) is 15.0 Å². The second-order valence-electron chi connectivity index (χ2n) is 4.46. The lowest BCUT2D eigenvalue weighted by molar-refractivity contribution is -0.0517. The summed E-state index contributed by atoms with van der Waals surface area (Å²) in [5, 5.41) is 28.9. The van der Waals surface area contributed by atoms with E-state index in [0.29, 0.717) is 0 Å². The van der Waals surface area contributed by atoms with E-state index in [1.165, 1.54) is 10.9 Å². The number of fused-ring (bicyclic) bond motifs is 1. The lowest BCUT2D eigenvalue weighted by atomic mass is 10.1. The molecule has 0 aliphatic carbocycles. The van der Waals surface area contributed by atoms with Crippen molar-refractivity contribution in [2.75, 3.05) is 6.61 Å². The summed E-state index contributed by atoms with van der Waals surface area (Å²) in [7, 11) is 0. The molecule has 10 heteroatoms. The van der Waals surface area contributed by atoms with Gasteiger partial charge in [-0.05, 0) is 12.2 Å². The van der Waals surface area contributed by atoms with E-state index in [4.69, 9.17) is 22.1 Å². The van der Waals surface area contributed by atoms with Crippen LogP contribution in [-0.4, -0.2) is 59.8 Å². The van der Waals surface area contributed by atoms with Gasteiger partial charge in [0.05, 0.1) is 12.9 Å². The number of nitrogens with one attached hydrogen (secondary N) is 2. The maximum atomic E-state index is 11.6. The molecule has 0 amide bonds. The van der Waals surface area contributed by atoms with Gasteiger partial charge in [-0.3, -0.25) is 9.36 Å². The van der Waals surface area contributed by atoms with Crippen molar-refractivity contribution in [1.82, 2.24) is 19.5 Å². The fourth-order valence-corrected chi connectivity index (χ4v) is 2.57. The summed E-state index contributed by atoms with van der Waals surface area (Å²) in [6, 6.07) is 0. The normalized spacial score (nSPS) is 30.1. The van der Waals surface area contributed by atoms with Crippen LogP contribution < -0.4 is 5.56 Å². The maximum Gasteiger partial charge on any atom is 0.276 e. The van der Waals surface area contributed by atoms with Crippen LogP contribution in [0.15, 0.2) is 11.1 Å². The number of hydrogen-bond donors (Lipinski definition) is 5. The molecule has 1 unspecified atom stereocenters. The first-order valence-corrected chi connectivity index (χ1v) is 6.25. The monoisotopic (exact) mass is 300 g/mol. The van der Waals surface area contributed by atoms with E-state index < -0.39 is 36.7 Å². The highest BCUT2D eigenvalue weighted by molar-refractivity contribution is 7.71. The molecular weight excluding hydrogens is 288 g/mol. The molecule has 1 aliphatic rings. The third kappa shape index (κ3) is 1.81. The molecule has 108 valence electrons. The SMILES string of the molecule is O=c1[nH]cnc2c1[nH]c(=S)n2C1O[C@@H](CO)[C@H](O)[C@@H]1O. The van der Waals surface area contributed by atoms with Crippen LogP contribution >= 0.6 is 12.2 Å². The van der Waals surface area contributed by atoms with Crippen LogP contribution in [0.5, 0.6) is 0 Å². The van der Waals surface area contributed by atoms with Crippen LogP contribution in [0.25, 0.3) is 11.2 Å². The molecule has 2 aromatic rings. The van der Waals surface area contributed by atoms with E-state index in [1.54, 1.807) is 0 Å². The Kier molecular flexibility index (Phi) is 3.18. The highest BCUT2D eigenvalue weighted by atomic mass is 32.1. The van der Waals surface area contributed by atoms with Crippen LogP contribution in [0.4, 0.5) is 0 Å². The Morgan fingerprint density at radius 2 is 2.20 bits per heavy atom. The fraction of sp³-hybridized carbons (Fsp3) is 0.500. The summed E-state index contributed by atoms with van der Waals surface area (Å²) in [5.74, 6) is 0. The summed E-state index contributed by atoms with van der Waals surface area (Å²) < 4.78 is 6.82. The zero-order chi connectivity index (χ0) is 14.4. The Hall–Kier alpha value is -1.59. The number of ether oxygens (including phenoxy) is 1. The molecule has 9 nitrogen and oxygen atoms in total. The van der Waals surface area contributed by atoms with Crippen LogP contribution in [-0.2, 0) is 4.74 Å². The highest BCUT2D eigenvalue weighted by Gasteiger charge is 2.44. The van der Waals surface area contributed by atoms with Crippen molar-refractivity contribution in [3.05, 3.63) is 21.5 Å². The van der Waals surface area contributed by atoms with Crippen molar-refractivity contribution in [3.8, 4) is 0 Å². The molecule has 1 aliphatic heterocycles. The van der Waals surface area contributed by atoms with Crippen LogP contribution in [0, 0.1) is 4.77 Å². The first-order chi connectivity index (χ1) is 9.54. The lowest BCUT2D eigenvalue weighted by Gasteiger charge is -2.16. The fourth-order valence-electron chi connectivity index (χ4n) is 2.28. The third-order valence-corrected chi connectivity index (χ3v) is 3.58. The van der Waals surface area contributed by atoms with Gasteiger partial charge in [0.1, 0.15) is 18.3 Å². The molecule has 0 spiro atoms. The summed E-state index contributed by atoms with van der Waals surface area (Å²) >= 11 is 5.10. The average Bonchev–Trinajstić information content (AvgIpc) is 2.90. The number of aromatic amines is 2. The van der Waals surface area contributed by atoms with E-state index in [-0.39, 0.29) is 15.9 Å². The Labute approximate surface area is 116 Å². The van der Waals surface area contributed by atoms with Crippen LogP contribution in [0.3, 0.4) is 0 Å². The van der Waals surface area contributed by atoms with Gasteiger partial charge in [-0.2, -0.15) is 0 Å². The first-order valence-electron chi connectivity index (χ1n) is 5.85. The molecule has 20 heavy (non-hydrogen) atoms. The van der Waals surface area contributed by atoms with Gasteiger partial charge in [0.15, 0.2) is 22.2 Å². The molecule has 5 N–H and O–H groups in total. The van der Waals surface area contributed by atoms with E-state index in [0.717, 1.165) is 0 Å². The molecule has 1 saturated heterocycles. The number of imidazole rings is 1. The zero-order valence-electron chi connectivity index (χ0n) is 10.1. The zero-order valence-corrected chi connectivity index (χ0v) is 10.9. The Bertz CT molecular complexity index is 752. The standard InChI is InChI=1S/C10H12N4O5S/c15-1-3-5(16)6(17)9(19-3)14-7-4(13-10(14)20)8(18)12-2-11-7/h2-3,5-6,9,15-17H,1H2,(H,13,20)(H,11,12,18)/t3-,5-,6-,9?/m0/s1. The van der Waals surface area contributed by atoms with Crippen molar-refractivity contribution in [2.45, 2.75) is 24.5 Å². The molecular formula is C10H12N4O5S. The van der Waals surface area contributed by atoms with Gasteiger partial charge in [-0.15, -0.1) is 0 Å². The van der Waals surface area contributed by atoms with Gasteiger partial charge in [0.25, 0.3) is 5.56 Å². The van der Waals surface area contributed by atoms with Crippen LogP contribution in [0.1, 0.15) is 6.23 Å². The largest absolute Gasteiger partial charge is 0.394 e. The average molecular weight is 300 g/mol. The number of H-pyrrole nitrogens is 2. The Balaban J connectivity index is 2.16. The van der Waals surface area contributed by atoms with Gasteiger partial charge in [0, 0.05) is 0 Å². The van der Waals surface area contributed by atoms with Crippen LogP contribution in [0.2, 0.25) is 0 Å². The van der Waals surface area contributed by atoms with Crippen molar-refractivity contribution in [1.29, 1.82) is 0 Å². The highest BCUT2D eigenvalue weighted by Crippen LogP contribution is 2.31. The minimum absolute atomic E-state index is 0.124. The Morgan fingerprint density at radius 1 is 1.45 bits per heavy atom. The topological polar surface area (TPSA) is 136 Å². The molecule has 1 fully saturated rings. The second-order valence-corrected chi connectivity index (χ2v) is 4.85. The summed E-state index contributed by atoms with van der Waals surface area (Å²) in [6.07, 6.45) is -3.30. The molecule has 0 radical (unpaired) electrons. The number of hydrogen-bond acceptors (Lipinski definition) is 7. The van der Waals surface area contributed by atoms with Gasteiger partial charge < -0.3 is 30.0 Å². The van der Waals surface area contributed by atoms with Gasteiger partial charge in [-0.25, -0.2) is 4.98 Å². The number of aliphatic hydroxyl groups excluding tert-OH is 3. The smallest absolute Gasteiger partial charge is 0.276 e. The number of aliphatic hydroxyl groups is 3. The van der Waals surface area contributed by atoms with Crippen molar-refractivity contribution >= 4 is 23.4 Å². The molecule has 0 aromatic carbocycles. The number of rotatable bonds is 2. The van der Waals surface area contributed by atoms with Gasteiger partial charge >= 0.3 is 0 Å². The molecule has 4 atom stereocenters. The quantitative estimate of drug-likeness (QED) is 0.421. The lowest BCUT2D eigenvalue weighted by Crippen LogP contribution is -2.33. The summed E-state index contributed by atoms with van der Waals surface area (Å²) in [5.41, 5.74) is -0.0598. The van der Waals surface area contributed by atoms with Crippen molar-refractivity contribution in [2.24, 2.45) is 0 Å². The Morgan fingerprint density at radius 3 is 2.85 bits per heavy atom.